The number of nitrogens with one attached hydrogen (secondary N) is 3. The molecule has 4 N–H and O–H groups in total. The molecule has 8 nitrogen and oxygen atoms in total. The number of carboxylic acids is 1. The highest BCUT2D eigenvalue weighted by Gasteiger charge is 2.23. The predicted octanol–water partition coefficient (Wildman–Crippen LogP) is -1.41. The molecule has 1 aromatic heterocycles. The van der Waals surface area contributed by atoms with E-state index >= 15 is 0 Å². The molecule has 2 amide bonds. The summed E-state index contributed by atoms with van der Waals surface area (Å²) in [5.41, 5.74) is 0.0213. The van der Waals surface area contributed by atoms with Crippen LogP contribution >= 0.6 is 11.3 Å². The Morgan fingerprint density at radius 2 is 2.35 bits per heavy atom. The monoisotopic (exact) mass is 298 g/mol. The van der Waals surface area contributed by atoms with Gasteiger partial charge in [-0.05, 0) is 0 Å². The van der Waals surface area contributed by atoms with Gasteiger partial charge in [0, 0.05) is 24.9 Å². The molecular formula is C11H14N4O4S. The quantitative estimate of drug-likeness (QED) is 0.530. The molecule has 0 saturated carbocycles. The Morgan fingerprint density at radius 1 is 1.55 bits per heavy atom. The highest BCUT2D eigenvalue weighted by Crippen LogP contribution is 2.09. The van der Waals surface area contributed by atoms with Gasteiger partial charge < -0.3 is 15.7 Å². The van der Waals surface area contributed by atoms with Crippen LogP contribution in [0.2, 0.25) is 0 Å². The summed E-state index contributed by atoms with van der Waals surface area (Å²) in [5, 5.41) is 19.0. The first kappa shape index (κ1) is 14.4. The third-order valence-corrected chi connectivity index (χ3v) is 3.65. The van der Waals surface area contributed by atoms with Gasteiger partial charge in [-0.25, -0.2) is 9.78 Å². The fourth-order valence-electron chi connectivity index (χ4n) is 1.69. The zero-order valence-electron chi connectivity index (χ0n) is 10.5. The maximum Gasteiger partial charge on any atom is 0.355 e. The average Bonchev–Trinajstić information content (AvgIpc) is 2.88. The number of carboxylic acid groups (broad SMARTS) is 1. The van der Waals surface area contributed by atoms with Crippen LogP contribution in [0.15, 0.2) is 5.38 Å². The minimum atomic E-state index is -1.06. The summed E-state index contributed by atoms with van der Waals surface area (Å²) in [4.78, 5) is 37.3. The van der Waals surface area contributed by atoms with Crippen molar-refractivity contribution in [2.45, 2.75) is 12.5 Å². The van der Waals surface area contributed by atoms with Crippen molar-refractivity contribution in [3.05, 3.63) is 16.1 Å². The zero-order chi connectivity index (χ0) is 14.5. The number of aromatic carboxylic acids is 1. The fourth-order valence-corrected chi connectivity index (χ4v) is 2.46. The summed E-state index contributed by atoms with van der Waals surface area (Å²) in [6.45, 7) is 0.773. The van der Waals surface area contributed by atoms with Gasteiger partial charge >= 0.3 is 5.97 Å². The van der Waals surface area contributed by atoms with Crippen molar-refractivity contribution in [2.75, 3.05) is 19.6 Å². The molecule has 2 heterocycles. The third-order valence-electron chi connectivity index (χ3n) is 2.74. The van der Waals surface area contributed by atoms with Gasteiger partial charge in [0.2, 0.25) is 11.8 Å². The first-order valence-electron chi connectivity index (χ1n) is 6.02. The lowest BCUT2D eigenvalue weighted by molar-refractivity contribution is -0.126. The van der Waals surface area contributed by atoms with Gasteiger partial charge in [-0.1, -0.05) is 0 Å². The highest BCUT2D eigenvalue weighted by atomic mass is 32.1. The number of nitrogens with zero attached hydrogens (tertiary/aromatic N) is 1. The molecular weight excluding hydrogens is 284 g/mol. The van der Waals surface area contributed by atoms with Crippen LogP contribution in [0.4, 0.5) is 0 Å². The van der Waals surface area contributed by atoms with Crippen LogP contribution in [0.3, 0.4) is 0 Å². The lowest BCUT2D eigenvalue weighted by atomic mass is 10.2. The van der Waals surface area contributed by atoms with Crippen molar-refractivity contribution in [3.8, 4) is 0 Å². The van der Waals surface area contributed by atoms with Gasteiger partial charge in [0.1, 0.15) is 6.04 Å². The molecule has 9 heteroatoms. The van der Waals surface area contributed by atoms with Crippen LogP contribution in [-0.2, 0) is 16.0 Å². The minimum Gasteiger partial charge on any atom is -0.476 e. The number of carbonyl (C=O) groups excluding carboxylic acids is 2. The van der Waals surface area contributed by atoms with Crippen molar-refractivity contribution in [3.63, 3.8) is 0 Å². The Hall–Kier alpha value is -2.00. The molecule has 1 unspecified atom stereocenters. The molecule has 2 rings (SSSR count). The van der Waals surface area contributed by atoms with E-state index in [-0.39, 0.29) is 30.6 Å². The maximum atomic E-state index is 11.8. The average molecular weight is 298 g/mol. The van der Waals surface area contributed by atoms with Crippen molar-refractivity contribution in [1.29, 1.82) is 0 Å². The number of hydrogen-bond donors (Lipinski definition) is 4. The molecule has 1 aliphatic rings. The van der Waals surface area contributed by atoms with Crippen molar-refractivity contribution in [1.82, 2.24) is 20.9 Å². The van der Waals surface area contributed by atoms with E-state index in [0.29, 0.717) is 18.0 Å². The molecule has 0 aromatic carbocycles. The van der Waals surface area contributed by atoms with Crippen LogP contribution in [0.1, 0.15) is 15.5 Å². The third kappa shape index (κ3) is 3.75. The first-order valence-corrected chi connectivity index (χ1v) is 6.89. The summed E-state index contributed by atoms with van der Waals surface area (Å²) in [5.74, 6) is -1.38. The zero-order valence-corrected chi connectivity index (χ0v) is 11.3. The van der Waals surface area contributed by atoms with E-state index < -0.39 is 12.0 Å². The number of thiazole rings is 1. The van der Waals surface area contributed by atoms with Crippen LogP contribution < -0.4 is 16.0 Å². The SMILES string of the molecule is O=C1CNC(C(=O)NCCc2nc(C(=O)O)cs2)CN1. The van der Waals surface area contributed by atoms with E-state index in [1.54, 1.807) is 0 Å². The van der Waals surface area contributed by atoms with E-state index in [4.69, 9.17) is 5.11 Å². The van der Waals surface area contributed by atoms with Gasteiger partial charge in [0.05, 0.1) is 11.6 Å². The smallest absolute Gasteiger partial charge is 0.355 e. The Bertz CT molecular complexity index is 520. The molecule has 1 saturated heterocycles. The second-order valence-corrected chi connectivity index (χ2v) is 5.15. The molecule has 0 radical (unpaired) electrons. The van der Waals surface area contributed by atoms with E-state index in [1.807, 2.05) is 0 Å². The molecule has 1 aliphatic heterocycles. The van der Waals surface area contributed by atoms with Gasteiger partial charge in [0.15, 0.2) is 5.69 Å². The summed E-state index contributed by atoms with van der Waals surface area (Å²) in [6.07, 6.45) is 0.475. The molecule has 0 spiro atoms. The molecule has 0 aliphatic carbocycles. The standard InChI is InChI=1S/C11H14N4O4S/c16-8-4-13-6(3-14-8)10(17)12-2-1-9-15-7(5-20-9)11(18)19/h5-6,13H,1-4H2,(H,12,17)(H,14,16)(H,18,19). The summed E-state index contributed by atoms with van der Waals surface area (Å²) in [7, 11) is 0. The van der Waals surface area contributed by atoms with Crippen molar-refractivity contribution >= 4 is 29.1 Å². The van der Waals surface area contributed by atoms with Crippen molar-refractivity contribution < 1.29 is 19.5 Å². The normalized spacial score (nSPS) is 18.4. The van der Waals surface area contributed by atoms with Crippen molar-refractivity contribution in [2.24, 2.45) is 0 Å². The van der Waals surface area contributed by atoms with E-state index in [2.05, 4.69) is 20.9 Å². The second-order valence-electron chi connectivity index (χ2n) is 4.21. The van der Waals surface area contributed by atoms with Gasteiger partial charge in [-0.3, -0.25) is 14.9 Å². The number of piperazine rings is 1. The molecule has 1 aromatic rings. The second kappa shape index (κ2) is 6.44. The lowest BCUT2D eigenvalue weighted by Crippen LogP contribution is -2.58. The molecule has 108 valence electrons. The van der Waals surface area contributed by atoms with Gasteiger partial charge in [-0.15, -0.1) is 11.3 Å². The van der Waals surface area contributed by atoms with E-state index in [1.165, 1.54) is 16.7 Å². The van der Waals surface area contributed by atoms with Gasteiger partial charge in [0.25, 0.3) is 0 Å². The largest absolute Gasteiger partial charge is 0.476 e. The Kier molecular flexibility index (Phi) is 4.64. The van der Waals surface area contributed by atoms with E-state index in [0.717, 1.165) is 0 Å². The maximum absolute atomic E-state index is 11.8. The van der Waals surface area contributed by atoms with Crippen LogP contribution in [0.25, 0.3) is 0 Å². The summed E-state index contributed by atoms with van der Waals surface area (Å²) in [6, 6.07) is -0.432. The van der Waals surface area contributed by atoms with Crippen LogP contribution in [-0.4, -0.2) is 53.6 Å². The predicted molar refractivity (Wildman–Crippen MR) is 70.6 cm³/mol. The Balaban J connectivity index is 1.73. The van der Waals surface area contributed by atoms with E-state index in [9.17, 15) is 14.4 Å². The number of carbonyl (C=O) groups is 3. The Labute approximate surface area is 118 Å². The topological polar surface area (TPSA) is 120 Å². The first-order chi connectivity index (χ1) is 9.56. The minimum absolute atomic E-state index is 0.0213. The summed E-state index contributed by atoms with van der Waals surface area (Å²) >= 11 is 1.25. The van der Waals surface area contributed by atoms with Crippen LogP contribution in [0, 0.1) is 0 Å². The Morgan fingerprint density at radius 3 is 2.95 bits per heavy atom. The molecule has 0 bridgehead atoms. The number of amides is 2. The lowest BCUT2D eigenvalue weighted by Gasteiger charge is -2.22. The highest BCUT2D eigenvalue weighted by molar-refractivity contribution is 7.09. The molecule has 20 heavy (non-hydrogen) atoms. The fraction of sp³-hybridized carbons (Fsp3) is 0.455. The van der Waals surface area contributed by atoms with Gasteiger partial charge in [-0.2, -0.15) is 0 Å². The number of rotatable bonds is 5. The number of hydrogen-bond acceptors (Lipinski definition) is 6. The van der Waals surface area contributed by atoms with Crippen LogP contribution in [0.5, 0.6) is 0 Å². The summed E-state index contributed by atoms with van der Waals surface area (Å²) < 4.78 is 0. The molecule has 1 fully saturated rings. The molecule has 1 atom stereocenters. The number of aromatic nitrogens is 1.